The average Bonchev–Trinajstić information content (AvgIpc) is 2.74. The zero-order valence-corrected chi connectivity index (χ0v) is 12.3. The number of carboxylic acids is 1. The molecule has 0 radical (unpaired) electrons. The zero-order valence-electron chi connectivity index (χ0n) is 10.8. The van der Waals surface area contributed by atoms with E-state index in [1.165, 1.54) is 23.5 Å². The number of benzene rings is 1. The number of rotatable bonds is 5. The summed E-state index contributed by atoms with van der Waals surface area (Å²) in [6.07, 6.45) is 0. The molecule has 0 fully saturated rings. The summed E-state index contributed by atoms with van der Waals surface area (Å²) in [7, 11) is 1.91. The minimum Gasteiger partial charge on any atom is -0.478 e. The van der Waals surface area contributed by atoms with Gasteiger partial charge in [-0.3, -0.25) is 4.90 Å². The Bertz CT molecular complexity index is 629. The summed E-state index contributed by atoms with van der Waals surface area (Å²) >= 11 is 7.37. The van der Waals surface area contributed by atoms with Crippen LogP contribution >= 0.6 is 22.9 Å². The summed E-state index contributed by atoms with van der Waals surface area (Å²) in [6.45, 7) is 1.24. The van der Waals surface area contributed by atoms with E-state index < -0.39 is 11.8 Å². The summed E-state index contributed by atoms with van der Waals surface area (Å²) in [5, 5.41) is 8.77. The van der Waals surface area contributed by atoms with Crippen molar-refractivity contribution >= 4 is 28.9 Å². The minimum absolute atomic E-state index is 0.304. The van der Waals surface area contributed by atoms with Crippen LogP contribution in [0.4, 0.5) is 4.39 Å². The zero-order chi connectivity index (χ0) is 14.7. The van der Waals surface area contributed by atoms with Gasteiger partial charge in [0.1, 0.15) is 5.82 Å². The van der Waals surface area contributed by atoms with Crippen LogP contribution in [-0.2, 0) is 13.1 Å². The van der Waals surface area contributed by atoms with Gasteiger partial charge in [0.25, 0.3) is 0 Å². The van der Waals surface area contributed by atoms with Gasteiger partial charge >= 0.3 is 5.97 Å². The van der Waals surface area contributed by atoms with Crippen molar-refractivity contribution in [1.82, 2.24) is 4.90 Å². The second-order valence-corrected chi connectivity index (χ2v) is 6.30. The minimum atomic E-state index is -1.25. The van der Waals surface area contributed by atoms with Gasteiger partial charge in [-0.2, -0.15) is 0 Å². The summed E-state index contributed by atoms with van der Waals surface area (Å²) < 4.78 is 14.3. The number of carboxylic acid groups (broad SMARTS) is 1. The second-order valence-electron chi connectivity index (χ2n) is 4.50. The third-order valence-electron chi connectivity index (χ3n) is 2.77. The number of hydrogen-bond acceptors (Lipinski definition) is 3. The quantitative estimate of drug-likeness (QED) is 0.911. The smallest absolute Gasteiger partial charge is 0.338 e. The average molecular weight is 314 g/mol. The van der Waals surface area contributed by atoms with Crippen LogP contribution in [0.15, 0.2) is 30.3 Å². The maximum atomic E-state index is 13.6. The van der Waals surface area contributed by atoms with Crippen molar-refractivity contribution in [3.63, 3.8) is 0 Å². The fourth-order valence-corrected chi connectivity index (χ4v) is 3.07. The number of aromatic carboxylic acids is 1. The van der Waals surface area contributed by atoms with E-state index in [4.69, 9.17) is 16.7 Å². The molecule has 1 aromatic heterocycles. The normalized spacial score (nSPS) is 11.0. The number of halogens is 2. The van der Waals surface area contributed by atoms with Crippen molar-refractivity contribution in [1.29, 1.82) is 0 Å². The molecule has 0 aliphatic heterocycles. The first-order valence-corrected chi connectivity index (χ1v) is 7.09. The first-order valence-electron chi connectivity index (χ1n) is 5.90. The Hall–Kier alpha value is -1.43. The molecule has 106 valence electrons. The number of thiophene rings is 1. The van der Waals surface area contributed by atoms with Crippen LogP contribution < -0.4 is 0 Å². The standard InChI is InChI=1S/C14H13ClFNO2S/c1-17(8-10-3-5-13(15)20-10)7-9-2-4-11(14(18)19)12(16)6-9/h2-6H,7-8H2,1H3,(H,18,19). The molecule has 0 bridgehead atoms. The van der Waals surface area contributed by atoms with E-state index in [1.54, 1.807) is 6.07 Å². The number of nitrogens with zero attached hydrogens (tertiary/aromatic N) is 1. The monoisotopic (exact) mass is 313 g/mol. The summed E-state index contributed by atoms with van der Waals surface area (Å²) in [5.41, 5.74) is 0.430. The molecular formula is C14H13ClFNO2S. The Kier molecular flexibility index (Phi) is 4.75. The second kappa shape index (κ2) is 6.35. The Morgan fingerprint density at radius 2 is 2.10 bits per heavy atom. The molecule has 2 rings (SSSR count). The number of carbonyl (C=O) groups is 1. The third kappa shape index (κ3) is 3.79. The van der Waals surface area contributed by atoms with Crippen LogP contribution in [0.1, 0.15) is 20.8 Å². The predicted molar refractivity (Wildman–Crippen MR) is 77.9 cm³/mol. The highest BCUT2D eigenvalue weighted by Crippen LogP contribution is 2.23. The van der Waals surface area contributed by atoms with Gasteiger partial charge < -0.3 is 5.11 Å². The van der Waals surface area contributed by atoms with E-state index in [2.05, 4.69) is 0 Å². The molecule has 0 saturated carbocycles. The molecule has 20 heavy (non-hydrogen) atoms. The molecule has 0 saturated heterocycles. The van der Waals surface area contributed by atoms with Crippen LogP contribution in [0, 0.1) is 5.82 Å². The first-order chi connectivity index (χ1) is 9.45. The fraction of sp³-hybridized carbons (Fsp3) is 0.214. The van der Waals surface area contributed by atoms with Crippen LogP contribution in [0.3, 0.4) is 0 Å². The van der Waals surface area contributed by atoms with Crippen molar-refractivity contribution in [2.45, 2.75) is 13.1 Å². The Labute approximate surface area is 125 Å². The van der Waals surface area contributed by atoms with Gasteiger partial charge in [0.2, 0.25) is 0 Å². The molecule has 3 nitrogen and oxygen atoms in total. The molecule has 0 amide bonds. The SMILES string of the molecule is CN(Cc1ccc(C(=O)O)c(F)c1)Cc1ccc(Cl)s1. The largest absolute Gasteiger partial charge is 0.478 e. The molecule has 0 spiro atoms. The van der Waals surface area contributed by atoms with E-state index in [9.17, 15) is 9.18 Å². The molecule has 0 atom stereocenters. The predicted octanol–water partition coefficient (Wildman–Crippen LogP) is 3.87. The van der Waals surface area contributed by atoms with Gasteiger partial charge in [-0.25, -0.2) is 9.18 Å². The lowest BCUT2D eigenvalue weighted by atomic mass is 10.1. The maximum absolute atomic E-state index is 13.6. The highest BCUT2D eigenvalue weighted by molar-refractivity contribution is 7.16. The van der Waals surface area contributed by atoms with E-state index in [1.807, 2.05) is 24.1 Å². The van der Waals surface area contributed by atoms with Crippen LogP contribution in [0.2, 0.25) is 4.34 Å². The first kappa shape index (κ1) is 15.0. The molecule has 1 N–H and O–H groups in total. The van der Waals surface area contributed by atoms with E-state index >= 15 is 0 Å². The van der Waals surface area contributed by atoms with Crippen molar-refractivity contribution in [2.75, 3.05) is 7.05 Å². The van der Waals surface area contributed by atoms with Gasteiger partial charge in [0, 0.05) is 18.0 Å². The van der Waals surface area contributed by atoms with Gasteiger partial charge in [-0.05, 0) is 36.9 Å². The van der Waals surface area contributed by atoms with Gasteiger partial charge in [0.15, 0.2) is 0 Å². The molecule has 1 heterocycles. The molecular weight excluding hydrogens is 301 g/mol. The maximum Gasteiger partial charge on any atom is 0.338 e. The van der Waals surface area contributed by atoms with E-state index in [0.717, 1.165) is 14.8 Å². The topological polar surface area (TPSA) is 40.5 Å². The highest BCUT2D eigenvalue weighted by Gasteiger charge is 2.11. The van der Waals surface area contributed by atoms with E-state index in [-0.39, 0.29) is 5.56 Å². The molecule has 1 aromatic carbocycles. The van der Waals surface area contributed by atoms with Gasteiger partial charge in [-0.1, -0.05) is 17.7 Å². The Morgan fingerprint density at radius 1 is 1.35 bits per heavy atom. The van der Waals surface area contributed by atoms with Crippen molar-refractivity contribution in [2.24, 2.45) is 0 Å². The fourth-order valence-electron chi connectivity index (χ4n) is 1.90. The van der Waals surface area contributed by atoms with Crippen molar-refractivity contribution < 1.29 is 14.3 Å². The molecule has 0 unspecified atom stereocenters. The molecule has 0 aliphatic carbocycles. The Balaban J connectivity index is 2.02. The van der Waals surface area contributed by atoms with Crippen LogP contribution in [-0.4, -0.2) is 23.0 Å². The van der Waals surface area contributed by atoms with Gasteiger partial charge in [0.05, 0.1) is 9.90 Å². The summed E-state index contributed by atoms with van der Waals surface area (Å²) in [4.78, 5) is 13.9. The van der Waals surface area contributed by atoms with Crippen LogP contribution in [0.5, 0.6) is 0 Å². The highest BCUT2D eigenvalue weighted by atomic mass is 35.5. The molecule has 6 heteroatoms. The van der Waals surface area contributed by atoms with E-state index in [0.29, 0.717) is 13.1 Å². The lowest BCUT2D eigenvalue weighted by molar-refractivity contribution is 0.0692. The van der Waals surface area contributed by atoms with Crippen LogP contribution in [0.25, 0.3) is 0 Å². The Morgan fingerprint density at radius 3 is 2.65 bits per heavy atom. The third-order valence-corrected chi connectivity index (χ3v) is 3.99. The lowest BCUT2D eigenvalue weighted by Crippen LogP contribution is -2.17. The van der Waals surface area contributed by atoms with Crippen molar-refractivity contribution in [3.8, 4) is 0 Å². The molecule has 0 aliphatic rings. The molecule has 2 aromatic rings. The lowest BCUT2D eigenvalue weighted by Gasteiger charge is -2.16. The summed E-state index contributed by atoms with van der Waals surface area (Å²) in [5.74, 6) is -1.96. The summed E-state index contributed by atoms with van der Waals surface area (Å²) in [6, 6.07) is 7.99. The van der Waals surface area contributed by atoms with Gasteiger partial charge in [-0.15, -0.1) is 11.3 Å². The number of hydrogen-bond donors (Lipinski definition) is 1. The van der Waals surface area contributed by atoms with Crippen molar-refractivity contribution in [3.05, 3.63) is 56.5 Å².